The summed E-state index contributed by atoms with van der Waals surface area (Å²) >= 11 is 1.54. The van der Waals surface area contributed by atoms with E-state index in [1.807, 2.05) is 17.5 Å². The van der Waals surface area contributed by atoms with Crippen molar-refractivity contribution in [2.75, 3.05) is 7.11 Å². The Morgan fingerprint density at radius 1 is 1.30 bits per heavy atom. The number of Topliss-reactive ketones (excluding diaryl/α,β-unsaturated/α-hetero) is 1. The van der Waals surface area contributed by atoms with Crippen LogP contribution in [0, 0.1) is 0 Å². The number of para-hydroxylation sites is 1. The highest BCUT2D eigenvalue weighted by Gasteiger charge is 2.19. The summed E-state index contributed by atoms with van der Waals surface area (Å²) in [6.45, 7) is 6.36. The van der Waals surface area contributed by atoms with Gasteiger partial charge in [-0.1, -0.05) is 32.9 Å². The van der Waals surface area contributed by atoms with Gasteiger partial charge < -0.3 is 4.74 Å². The van der Waals surface area contributed by atoms with Crippen LogP contribution in [-0.2, 0) is 11.8 Å². The summed E-state index contributed by atoms with van der Waals surface area (Å²) < 4.78 is 5.23. The predicted octanol–water partition coefficient (Wildman–Crippen LogP) is 3.87. The fraction of sp³-hybridized carbons (Fsp3) is 0.375. The number of ketones is 1. The summed E-state index contributed by atoms with van der Waals surface area (Å²) in [6.07, 6.45) is 0.321. The predicted molar refractivity (Wildman–Crippen MR) is 81.8 cm³/mol. The van der Waals surface area contributed by atoms with E-state index in [-0.39, 0.29) is 11.2 Å². The third-order valence-corrected chi connectivity index (χ3v) is 3.89. The van der Waals surface area contributed by atoms with Crippen LogP contribution in [0.15, 0.2) is 29.6 Å². The fourth-order valence-electron chi connectivity index (χ4n) is 1.84. The molecule has 0 spiro atoms. The van der Waals surface area contributed by atoms with Crippen molar-refractivity contribution < 1.29 is 9.53 Å². The summed E-state index contributed by atoms with van der Waals surface area (Å²) in [6, 6.07) is 7.30. The number of hydrogen-bond acceptors (Lipinski definition) is 4. The number of rotatable bonds is 4. The van der Waals surface area contributed by atoms with Gasteiger partial charge in [0, 0.05) is 10.8 Å². The fourth-order valence-corrected chi connectivity index (χ4v) is 2.86. The quantitative estimate of drug-likeness (QED) is 0.802. The van der Waals surface area contributed by atoms with Crippen molar-refractivity contribution in [2.45, 2.75) is 32.6 Å². The minimum Gasteiger partial charge on any atom is -0.496 e. The molecular formula is C16H19NO2S. The maximum absolute atomic E-state index is 12.3. The van der Waals surface area contributed by atoms with Gasteiger partial charge in [-0.25, -0.2) is 4.98 Å². The molecule has 0 aliphatic heterocycles. The highest BCUT2D eigenvalue weighted by molar-refractivity contribution is 7.09. The average molecular weight is 289 g/mol. The highest BCUT2D eigenvalue weighted by Crippen LogP contribution is 2.25. The Morgan fingerprint density at radius 2 is 2.00 bits per heavy atom. The van der Waals surface area contributed by atoms with Gasteiger partial charge in [-0.05, 0) is 12.1 Å². The lowest BCUT2D eigenvalue weighted by Crippen LogP contribution is -2.12. The van der Waals surface area contributed by atoms with Gasteiger partial charge in [-0.3, -0.25) is 4.79 Å². The number of carbonyl (C=O) groups excluding carboxylic acids is 1. The van der Waals surface area contributed by atoms with Crippen LogP contribution in [-0.4, -0.2) is 17.9 Å². The number of ether oxygens (including phenoxy) is 1. The van der Waals surface area contributed by atoms with Gasteiger partial charge in [-0.15, -0.1) is 11.3 Å². The van der Waals surface area contributed by atoms with Crippen LogP contribution >= 0.6 is 11.3 Å². The van der Waals surface area contributed by atoms with Crippen LogP contribution in [0.5, 0.6) is 5.75 Å². The summed E-state index contributed by atoms with van der Waals surface area (Å²) in [5.41, 5.74) is 1.66. The molecule has 0 saturated heterocycles. The zero-order valence-corrected chi connectivity index (χ0v) is 13.1. The van der Waals surface area contributed by atoms with Gasteiger partial charge in [0.1, 0.15) is 10.8 Å². The highest BCUT2D eigenvalue weighted by atomic mass is 32.1. The molecule has 1 heterocycles. The van der Waals surface area contributed by atoms with Gasteiger partial charge in [-0.2, -0.15) is 0 Å². The van der Waals surface area contributed by atoms with E-state index < -0.39 is 0 Å². The zero-order chi connectivity index (χ0) is 14.8. The Bertz CT molecular complexity index is 611. The Labute approximate surface area is 123 Å². The van der Waals surface area contributed by atoms with E-state index in [0.29, 0.717) is 17.7 Å². The van der Waals surface area contributed by atoms with E-state index >= 15 is 0 Å². The number of aromatic nitrogens is 1. The lowest BCUT2D eigenvalue weighted by atomic mass is 9.93. The largest absolute Gasteiger partial charge is 0.496 e. The lowest BCUT2D eigenvalue weighted by molar-refractivity contribution is 0.0990. The normalized spacial score (nSPS) is 11.4. The average Bonchev–Trinajstić information content (AvgIpc) is 2.87. The van der Waals surface area contributed by atoms with Crippen LogP contribution in [0.4, 0.5) is 0 Å². The second-order valence-electron chi connectivity index (χ2n) is 5.68. The maximum Gasteiger partial charge on any atom is 0.173 e. The van der Waals surface area contributed by atoms with Crippen LogP contribution in [0.3, 0.4) is 0 Å². The second kappa shape index (κ2) is 5.75. The standard InChI is InChI=1S/C16H19NO2S/c1-16(2,3)14-10-20-15(17-14)9-12(18)11-7-5-6-8-13(11)19-4/h5-8,10H,9H2,1-4H3. The number of thiazole rings is 1. The summed E-state index contributed by atoms with van der Waals surface area (Å²) in [7, 11) is 1.58. The van der Waals surface area contributed by atoms with E-state index in [1.54, 1.807) is 30.6 Å². The van der Waals surface area contributed by atoms with Gasteiger partial charge in [0.15, 0.2) is 5.78 Å². The van der Waals surface area contributed by atoms with E-state index in [0.717, 1.165) is 10.7 Å². The lowest BCUT2D eigenvalue weighted by Gasteiger charge is -2.14. The van der Waals surface area contributed by atoms with E-state index in [9.17, 15) is 4.79 Å². The summed E-state index contributed by atoms with van der Waals surface area (Å²) in [5, 5.41) is 2.89. The molecule has 0 fully saturated rings. The third-order valence-electron chi connectivity index (χ3n) is 3.04. The van der Waals surface area contributed by atoms with E-state index in [4.69, 9.17) is 4.74 Å². The van der Waals surface area contributed by atoms with Crippen LogP contribution in [0.25, 0.3) is 0 Å². The number of hydrogen-bond donors (Lipinski definition) is 0. The molecule has 106 valence electrons. The first-order valence-corrected chi connectivity index (χ1v) is 7.41. The van der Waals surface area contributed by atoms with Gasteiger partial charge in [0.2, 0.25) is 0 Å². The monoisotopic (exact) mass is 289 g/mol. The Balaban J connectivity index is 2.18. The van der Waals surface area contributed by atoms with Crippen LogP contribution in [0.2, 0.25) is 0 Å². The van der Waals surface area contributed by atoms with Crippen molar-refractivity contribution >= 4 is 17.1 Å². The Morgan fingerprint density at radius 3 is 2.60 bits per heavy atom. The number of methoxy groups -OCH3 is 1. The minimum atomic E-state index is 0.0161. The first-order chi connectivity index (χ1) is 9.41. The van der Waals surface area contributed by atoms with Gasteiger partial charge >= 0.3 is 0 Å². The molecule has 0 saturated carbocycles. The second-order valence-corrected chi connectivity index (χ2v) is 6.62. The summed E-state index contributed by atoms with van der Waals surface area (Å²) in [4.78, 5) is 16.9. The Kier molecular flexibility index (Phi) is 4.23. The number of carbonyl (C=O) groups is 1. The molecule has 0 bridgehead atoms. The molecule has 1 aromatic carbocycles. The van der Waals surface area contributed by atoms with Crippen molar-refractivity contribution in [1.29, 1.82) is 0 Å². The van der Waals surface area contributed by atoms with Gasteiger partial charge in [0.25, 0.3) is 0 Å². The molecule has 0 unspecified atom stereocenters. The minimum absolute atomic E-state index is 0.0161. The molecule has 0 amide bonds. The van der Waals surface area contributed by atoms with Crippen molar-refractivity contribution in [3.8, 4) is 5.75 Å². The molecule has 0 atom stereocenters. The molecule has 2 rings (SSSR count). The molecule has 2 aromatic rings. The van der Waals surface area contributed by atoms with Crippen molar-refractivity contribution in [3.05, 3.63) is 45.9 Å². The SMILES string of the molecule is COc1ccccc1C(=O)Cc1nc(C(C)(C)C)cs1. The van der Waals surface area contributed by atoms with Crippen molar-refractivity contribution in [3.63, 3.8) is 0 Å². The first-order valence-electron chi connectivity index (χ1n) is 6.53. The van der Waals surface area contributed by atoms with Crippen molar-refractivity contribution in [1.82, 2.24) is 4.98 Å². The molecule has 20 heavy (non-hydrogen) atoms. The molecule has 0 aliphatic rings. The topological polar surface area (TPSA) is 39.2 Å². The number of benzene rings is 1. The molecule has 1 aromatic heterocycles. The first kappa shape index (κ1) is 14.7. The van der Waals surface area contributed by atoms with Crippen LogP contribution < -0.4 is 4.74 Å². The molecule has 0 N–H and O–H groups in total. The maximum atomic E-state index is 12.3. The summed E-state index contributed by atoms with van der Waals surface area (Å²) in [5.74, 6) is 0.655. The third kappa shape index (κ3) is 3.25. The Hall–Kier alpha value is -1.68. The van der Waals surface area contributed by atoms with E-state index in [2.05, 4.69) is 25.8 Å². The molecule has 0 radical (unpaired) electrons. The molecular weight excluding hydrogens is 270 g/mol. The van der Waals surface area contributed by atoms with Gasteiger partial charge in [0.05, 0.1) is 24.8 Å². The van der Waals surface area contributed by atoms with Crippen molar-refractivity contribution in [2.24, 2.45) is 0 Å². The molecule has 3 nitrogen and oxygen atoms in total. The number of nitrogens with zero attached hydrogens (tertiary/aromatic N) is 1. The molecule has 4 heteroatoms. The van der Waals surface area contributed by atoms with E-state index in [1.165, 1.54) is 0 Å². The zero-order valence-electron chi connectivity index (χ0n) is 12.3. The van der Waals surface area contributed by atoms with Crippen LogP contribution in [0.1, 0.15) is 41.8 Å². The molecule has 0 aliphatic carbocycles. The smallest absolute Gasteiger partial charge is 0.173 e.